The topological polar surface area (TPSA) is 77.1 Å². The van der Waals surface area contributed by atoms with Crippen LogP contribution in [0.5, 0.6) is 17.2 Å². The molecule has 2 aromatic rings. The maximum Gasteiger partial charge on any atom is 0.242 e. The van der Waals surface area contributed by atoms with Crippen molar-refractivity contribution >= 4 is 11.8 Å². The molecule has 0 bridgehead atoms. The Morgan fingerprint density at radius 2 is 1.70 bits per heavy atom. The van der Waals surface area contributed by atoms with E-state index in [9.17, 15) is 9.59 Å². The van der Waals surface area contributed by atoms with E-state index < -0.39 is 6.04 Å². The highest BCUT2D eigenvalue weighted by molar-refractivity contribution is 5.88. The highest BCUT2D eigenvalue weighted by Crippen LogP contribution is 2.32. The van der Waals surface area contributed by atoms with Gasteiger partial charge < -0.3 is 24.4 Å². The van der Waals surface area contributed by atoms with Gasteiger partial charge in [0.1, 0.15) is 11.8 Å². The average Bonchev–Trinajstić information content (AvgIpc) is 3.23. The van der Waals surface area contributed by atoms with Gasteiger partial charge in [-0.05, 0) is 42.3 Å². The van der Waals surface area contributed by atoms with Crippen molar-refractivity contribution in [3.63, 3.8) is 0 Å². The molecule has 30 heavy (non-hydrogen) atoms. The number of nitrogens with one attached hydrogen (secondary N) is 1. The Kier molecular flexibility index (Phi) is 6.82. The molecule has 0 aromatic heterocycles. The number of fused-ring (bicyclic) bond motifs is 1. The van der Waals surface area contributed by atoms with Crippen LogP contribution in [0.2, 0.25) is 0 Å². The molecule has 0 saturated heterocycles. The monoisotopic (exact) mass is 412 g/mol. The van der Waals surface area contributed by atoms with Crippen molar-refractivity contribution in [3.8, 4) is 17.2 Å². The molecule has 3 rings (SSSR count). The molecule has 0 spiro atoms. The van der Waals surface area contributed by atoms with E-state index in [1.165, 1.54) is 0 Å². The largest absolute Gasteiger partial charge is 0.497 e. The molecule has 2 aromatic carbocycles. The van der Waals surface area contributed by atoms with Gasteiger partial charge >= 0.3 is 0 Å². The van der Waals surface area contributed by atoms with Crippen molar-refractivity contribution in [3.05, 3.63) is 53.6 Å². The summed E-state index contributed by atoms with van der Waals surface area (Å²) in [6.07, 6.45) is 0. The molecule has 0 radical (unpaired) electrons. The summed E-state index contributed by atoms with van der Waals surface area (Å²) in [4.78, 5) is 27.3. The minimum Gasteiger partial charge on any atom is -0.497 e. The van der Waals surface area contributed by atoms with Gasteiger partial charge in [0.05, 0.1) is 7.11 Å². The van der Waals surface area contributed by atoms with E-state index in [0.29, 0.717) is 24.6 Å². The number of carbonyl (C=O) groups is 2. The van der Waals surface area contributed by atoms with E-state index in [0.717, 1.165) is 16.9 Å². The van der Waals surface area contributed by atoms with E-state index in [2.05, 4.69) is 5.32 Å². The maximum absolute atomic E-state index is 12.8. The number of benzene rings is 2. The Morgan fingerprint density at radius 1 is 1.03 bits per heavy atom. The van der Waals surface area contributed by atoms with Gasteiger partial charge in [0.25, 0.3) is 0 Å². The first-order valence-corrected chi connectivity index (χ1v) is 9.98. The van der Waals surface area contributed by atoms with Gasteiger partial charge in [0.15, 0.2) is 11.5 Å². The minimum absolute atomic E-state index is 0.0726. The lowest BCUT2D eigenvalue weighted by molar-refractivity contribution is -0.143. The molecule has 0 saturated carbocycles. The molecule has 1 aliphatic rings. The number of hydrogen-bond acceptors (Lipinski definition) is 5. The molecule has 1 aliphatic heterocycles. The Bertz CT molecular complexity index is 895. The SMILES string of the molecule is COc1ccc(CN(C(=O)C(C)C)[C@H](C)C(=O)NCc2ccc3c(c2)OCO3)cc1. The number of carbonyl (C=O) groups excluding carboxylic acids is 2. The van der Waals surface area contributed by atoms with Crippen LogP contribution in [0.3, 0.4) is 0 Å². The molecular weight excluding hydrogens is 384 g/mol. The summed E-state index contributed by atoms with van der Waals surface area (Å²) in [6, 6.07) is 12.4. The van der Waals surface area contributed by atoms with Crippen molar-refractivity contribution in [2.24, 2.45) is 5.92 Å². The van der Waals surface area contributed by atoms with Crippen LogP contribution >= 0.6 is 0 Å². The fourth-order valence-corrected chi connectivity index (χ4v) is 3.19. The van der Waals surface area contributed by atoms with Crippen molar-refractivity contribution in [1.29, 1.82) is 0 Å². The number of hydrogen-bond donors (Lipinski definition) is 1. The molecule has 2 amide bonds. The summed E-state index contributed by atoms with van der Waals surface area (Å²) in [5.74, 6) is 1.62. The number of nitrogens with zero attached hydrogens (tertiary/aromatic N) is 1. The second-order valence-electron chi connectivity index (χ2n) is 7.55. The zero-order valence-corrected chi connectivity index (χ0v) is 17.8. The second kappa shape index (κ2) is 9.52. The lowest BCUT2D eigenvalue weighted by Crippen LogP contribution is -2.48. The molecule has 1 heterocycles. The first kappa shape index (κ1) is 21.5. The summed E-state index contributed by atoms with van der Waals surface area (Å²) in [7, 11) is 1.61. The maximum atomic E-state index is 12.8. The van der Waals surface area contributed by atoms with E-state index >= 15 is 0 Å². The zero-order chi connectivity index (χ0) is 21.7. The summed E-state index contributed by atoms with van der Waals surface area (Å²) in [5, 5.41) is 2.92. The van der Waals surface area contributed by atoms with Gasteiger partial charge in [-0.15, -0.1) is 0 Å². The number of methoxy groups -OCH3 is 1. The third-order valence-electron chi connectivity index (χ3n) is 5.04. The fraction of sp³-hybridized carbons (Fsp3) is 0.391. The third-order valence-corrected chi connectivity index (χ3v) is 5.04. The van der Waals surface area contributed by atoms with Gasteiger partial charge in [-0.25, -0.2) is 0 Å². The zero-order valence-electron chi connectivity index (χ0n) is 17.8. The molecule has 7 nitrogen and oxygen atoms in total. The summed E-state index contributed by atoms with van der Waals surface area (Å²) < 4.78 is 15.9. The van der Waals surface area contributed by atoms with Gasteiger partial charge in [0, 0.05) is 19.0 Å². The Hall–Kier alpha value is -3.22. The fourth-order valence-electron chi connectivity index (χ4n) is 3.19. The van der Waals surface area contributed by atoms with E-state index in [1.807, 2.05) is 56.3 Å². The summed E-state index contributed by atoms with van der Waals surface area (Å²) in [5.41, 5.74) is 1.83. The van der Waals surface area contributed by atoms with Crippen LogP contribution in [-0.2, 0) is 22.7 Å². The quantitative estimate of drug-likeness (QED) is 0.721. The van der Waals surface area contributed by atoms with Crippen molar-refractivity contribution < 1.29 is 23.8 Å². The predicted octanol–water partition coefficient (Wildman–Crippen LogP) is 3.11. The van der Waals surface area contributed by atoms with E-state index in [-0.39, 0.29) is 24.5 Å². The first-order chi connectivity index (χ1) is 14.4. The van der Waals surface area contributed by atoms with Crippen molar-refractivity contribution in [1.82, 2.24) is 10.2 Å². The summed E-state index contributed by atoms with van der Waals surface area (Å²) >= 11 is 0. The third kappa shape index (κ3) is 5.03. The second-order valence-corrected chi connectivity index (χ2v) is 7.55. The molecule has 1 atom stereocenters. The molecule has 1 N–H and O–H groups in total. The average molecular weight is 412 g/mol. The van der Waals surface area contributed by atoms with Crippen LogP contribution in [-0.4, -0.2) is 36.7 Å². The Balaban J connectivity index is 1.67. The van der Waals surface area contributed by atoms with Gasteiger partial charge in [-0.1, -0.05) is 32.0 Å². The number of ether oxygens (including phenoxy) is 3. The molecule has 0 aliphatic carbocycles. The lowest BCUT2D eigenvalue weighted by Gasteiger charge is -2.30. The molecular formula is C23H28N2O5. The van der Waals surface area contributed by atoms with Crippen LogP contribution in [0.15, 0.2) is 42.5 Å². The lowest BCUT2D eigenvalue weighted by atomic mass is 10.1. The standard InChI is InChI=1S/C23H28N2O5/c1-15(2)23(27)25(13-17-5-8-19(28-4)9-6-17)16(3)22(26)24-12-18-7-10-20-21(11-18)30-14-29-20/h5-11,15-16H,12-14H2,1-4H3,(H,24,26)/t16-/m1/s1. The smallest absolute Gasteiger partial charge is 0.242 e. The van der Waals surface area contributed by atoms with Crippen molar-refractivity contribution in [2.75, 3.05) is 13.9 Å². The van der Waals surface area contributed by atoms with Gasteiger partial charge in [0.2, 0.25) is 18.6 Å². The Morgan fingerprint density at radius 3 is 2.37 bits per heavy atom. The molecule has 0 unspecified atom stereocenters. The number of amides is 2. The van der Waals surface area contributed by atoms with E-state index in [4.69, 9.17) is 14.2 Å². The van der Waals surface area contributed by atoms with Gasteiger partial charge in [-0.3, -0.25) is 9.59 Å². The van der Waals surface area contributed by atoms with Crippen LogP contribution < -0.4 is 19.5 Å². The van der Waals surface area contributed by atoms with Gasteiger partial charge in [-0.2, -0.15) is 0 Å². The number of rotatable bonds is 8. The van der Waals surface area contributed by atoms with E-state index in [1.54, 1.807) is 18.9 Å². The van der Waals surface area contributed by atoms with Crippen molar-refractivity contribution in [2.45, 2.75) is 39.9 Å². The summed E-state index contributed by atoms with van der Waals surface area (Å²) in [6.45, 7) is 6.31. The predicted molar refractivity (Wildman–Crippen MR) is 112 cm³/mol. The highest BCUT2D eigenvalue weighted by Gasteiger charge is 2.27. The normalized spacial score (nSPS) is 13.1. The molecule has 0 fully saturated rings. The Labute approximate surface area is 176 Å². The van der Waals surface area contributed by atoms with Crippen LogP contribution in [0.25, 0.3) is 0 Å². The van der Waals surface area contributed by atoms with Crippen LogP contribution in [0.4, 0.5) is 0 Å². The minimum atomic E-state index is -0.615. The first-order valence-electron chi connectivity index (χ1n) is 9.98. The molecule has 160 valence electrons. The van der Waals surface area contributed by atoms with Crippen LogP contribution in [0, 0.1) is 5.92 Å². The molecule has 7 heteroatoms. The highest BCUT2D eigenvalue weighted by atomic mass is 16.7. The van der Waals surface area contributed by atoms with Crippen LogP contribution in [0.1, 0.15) is 31.9 Å².